The number of likely N-dealkylation sites (tertiary alicyclic amines) is 1. The van der Waals surface area contributed by atoms with E-state index in [1.165, 1.54) is 31.6 Å². The van der Waals surface area contributed by atoms with E-state index in [2.05, 4.69) is 9.97 Å². The van der Waals surface area contributed by atoms with Crippen LogP contribution in [0.1, 0.15) is 34.9 Å². The summed E-state index contributed by atoms with van der Waals surface area (Å²) in [6, 6.07) is 5.67. The van der Waals surface area contributed by atoms with Crippen molar-refractivity contribution in [1.29, 1.82) is 0 Å². The molecule has 22 heavy (non-hydrogen) atoms. The standard InChI is InChI=1S/C16H16FN3O2/c1-22-15-5-4-11(17)9-12(15)16(21)20-8-2-3-14(20)13-6-7-18-10-19-13/h4-7,9-10,14H,2-3,8H2,1H3/t14-/m1/s1. The van der Waals surface area contributed by atoms with E-state index in [-0.39, 0.29) is 17.5 Å². The van der Waals surface area contributed by atoms with Gasteiger partial charge in [-0.1, -0.05) is 0 Å². The predicted octanol–water partition coefficient (Wildman–Crippen LogP) is 2.60. The number of nitrogens with zero attached hydrogens (tertiary/aromatic N) is 3. The molecular formula is C16H16FN3O2. The fourth-order valence-corrected chi connectivity index (χ4v) is 2.82. The van der Waals surface area contributed by atoms with Crippen LogP contribution in [0, 0.1) is 5.82 Å². The molecule has 1 aliphatic heterocycles. The molecule has 0 aliphatic carbocycles. The van der Waals surface area contributed by atoms with Crippen LogP contribution in [0.4, 0.5) is 4.39 Å². The first-order chi connectivity index (χ1) is 10.7. The smallest absolute Gasteiger partial charge is 0.258 e. The van der Waals surface area contributed by atoms with E-state index >= 15 is 0 Å². The maximum absolute atomic E-state index is 13.5. The van der Waals surface area contributed by atoms with Crippen LogP contribution < -0.4 is 4.74 Å². The third-order valence-electron chi connectivity index (χ3n) is 3.85. The highest BCUT2D eigenvalue weighted by Crippen LogP contribution is 2.33. The van der Waals surface area contributed by atoms with Crippen molar-refractivity contribution in [1.82, 2.24) is 14.9 Å². The number of carbonyl (C=O) groups is 1. The molecule has 0 bridgehead atoms. The van der Waals surface area contributed by atoms with E-state index in [1.807, 2.05) is 0 Å². The lowest BCUT2D eigenvalue weighted by molar-refractivity contribution is 0.0729. The van der Waals surface area contributed by atoms with Crippen molar-refractivity contribution in [3.8, 4) is 5.75 Å². The summed E-state index contributed by atoms with van der Waals surface area (Å²) in [7, 11) is 1.47. The van der Waals surface area contributed by atoms with Gasteiger partial charge in [-0.3, -0.25) is 4.79 Å². The van der Waals surface area contributed by atoms with Crippen molar-refractivity contribution in [3.05, 3.63) is 53.9 Å². The average molecular weight is 301 g/mol. The summed E-state index contributed by atoms with van der Waals surface area (Å²) in [5.74, 6) is -0.320. The fourth-order valence-electron chi connectivity index (χ4n) is 2.82. The first-order valence-corrected chi connectivity index (χ1v) is 7.11. The third-order valence-corrected chi connectivity index (χ3v) is 3.85. The van der Waals surface area contributed by atoms with E-state index in [0.29, 0.717) is 12.3 Å². The molecule has 0 unspecified atom stereocenters. The lowest BCUT2D eigenvalue weighted by Gasteiger charge is -2.25. The normalized spacial score (nSPS) is 17.5. The van der Waals surface area contributed by atoms with E-state index in [4.69, 9.17) is 4.74 Å². The number of amides is 1. The largest absolute Gasteiger partial charge is 0.496 e. The van der Waals surface area contributed by atoms with Gasteiger partial charge in [-0.15, -0.1) is 0 Å². The molecule has 1 atom stereocenters. The molecule has 6 heteroatoms. The van der Waals surface area contributed by atoms with Crippen LogP contribution in [0.2, 0.25) is 0 Å². The molecule has 0 N–H and O–H groups in total. The first-order valence-electron chi connectivity index (χ1n) is 7.11. The van der Waals surface area contributed by atoms with Crippen LogP contribution in [-0.2, 0) is 0 Å². The number of hydrogen-bond donors (Lipinski definition) is 0. The zero-order valence-corrected chi connectivity index (χ0v) is 12.2. The Balaban J connectivity index is 1.93. The minimum Gasteiger partial charge on any atom is -0.496 e. The Morgan fingerprint density at radius 1 is 1.41 bits per heavy atom. The zero-order chi connectivity index (χ0) is 15.5. The Morgan fingerprint density at radius 3 is 3.00 bits per heavy atom. The maximum atomic E-state index is 13.5. The van der Waals surface area contributed by atoms with E-state index in [9.17, 15) is 9.18 Å². The van der Waals surface area contributed by atoms with Gasteiger partial charge in [0.25, 0.3) is 5.91 Å². The van der Waals surface area contributed by atoms with Gasteiger partial charge >= 0.3 is 0 Å². The number of hydrogen-bond acceptors (Lipinski definition) is 4. The van der Waals surface area contributed by atoms with Gasteiger partial charge in [-0.05, 0) is 37.1 Å². The second-order valence-electron chi connectivity index (χ2n) is 5.14. The molecular weight excluding hydrogens is 285 g/mol. The van der Waals surface area contributed by atoms with Gasteiger partial charge in [0.15, 0.2) is 0 Å². The SMILES string of the molecule is COc1ccc(F)cc1C(=O)N1CCC[C@@H]1c1ccncn1. The second kappa shape index (κ2) is 6.09. The second-order valence-corrected chi connectivity index (χ2v) is 5.14. The summed E-state index contributed by atoms with van der Waals surface area (Å²) in [5, 5.41) is 0. The van der Waals surface area contributed by atoms with Gasteiger partial charge in [0.2, 0.25) is 0 Å². The molecule has 5 nitrogen and oxygen atoms in total. The van der Waals surface area contributed by atoms with Crippen molar-refractivity contribution in [2.75, 3.05) is 13.7 Å². The summed E-state index contributed by atoms with van der Waals surface area (Å²) < 4.78 is 18.7. The molecule has 1 aliphatic rings. The molecule has 0 spiro atoms. The number of methoxy groups -OCH3 is 1. The molecule has 0 radical (unpaired) electrons. The minimum absolute atomic E-state index is 0.108. The predicted molar refractivity (Wildman–Crippen MR) is 78.0 cm³/mol. The molecule has 3 rings (SSSR count). The third kappa shape index (κ3) is 2.64. The van der Waals surface area contributed by atoms with Gasteiger partial charge in [0, 0.05) is 12.7 Å². The molecule has 114 valence electrons. The highest BCUT2D eigenvalue weighted by molar-refractivity contribution is 5.97. The van der Waals surface area contributed by atoms with Gasteiger partial charge < -0.3 is 9.64 Å². The molecule has 1 amide bonds. The van der Waals surface area contributed by atoms with Crippen LogP contribution in [0.25, 0.3) is 0 Å². The van der Waals surface area contributed by atoms with Gasteiger partial charge in [0.1, 0.15) is 17.9 Å². The Morgan fingerprint density at radius 2 is 2.27 bits per heavy atom. The van der Waals surface area contributed by atoms with Gasteiger partial charge in [-0.25, -0.2) is 14.4 Å². The number of rotatable bonds is 3. The molecule has 0 saturated carbocycles. The molecule has 1 aromatic carbocycles. The minimum atomic E-state index is -0.457. The highest BCUT2D eigenvalue weighted by atomic mass is 19.1. The summed E-state index contributed by atoms with van der Waals surface area (Å²) in [4.78, 5) is 22.7. The molecule has 2 aromatic rings. The van der Waals surface area contributed by atoms with Crippen molar-refractivity contribution in [2.24, 2.45) is 0 Å². The van der Waals surface area contributed by atoms with Crippen LogP contribution in [-0.4, -0.2) is 34.4 Å². The topological polar surface area (TPSA) is 55.3 Å². The van der Waals surface area contributed by atoms with Crippen LogP contribution in [0.15, 0.2) is 36.8 Å². The van der Waals surface area contributed by atoms with Gasteiger partial charge in [-0.2, -0.15) is 0 Å². The average Bonchev–Trinajstić information content (AvgIpc) is 3.04. The van der Waals surface area contributed by atoms with Crippen LogP contribution >= 0.6 is 0 Å². The Hall–Kier alpha value is -2.50. The number of carbonyl (C=O) groups excluding carboxylic acids is 1. The van der Waals surface area contributed by atoms with Crippen molar-refractivity contribution >= 4 is 5.91 Å². The van der Waals surface area contributed by atoms with E-state index in [1.54, 1.807) is 17.2 Å². The fraction of sp³-hybridized carbons (Fsp3) is 0.312. The summed E-state index contributed by atoms with van der Waals surface area (Å²) in [5.41, 5.74) is 1.04. The number of halogens is 1. The number of aromatic nitrogens is 2. The Kier molecular flexibility index (Phi) is 4.00. The summed E-state index contributed by atoms with van der Waals surface area (Å²) in [6.45, 7) is 0.618. The number of ether oxygens (including phenoxy) is 1. The van der Waals surface area contributed by atoms with Gasteiger partial charge in [0.05, 0.1) is 24.4 Å². The monoisotopic (exact) mass is 301 g/mol. The Bertz CT molecular complexity index is 678. The van der Waals surface area contributed by atoms with E-state index in [0.717, 1.165) is 18.5 Å². The van der Waals surface area contributed by atoms with Crippen molar-refractivity contribution in [3.63, 3.8) is 0 Å². The Labute approximate surface area is 127 Å². The molecule has 1 saturated heterocycles. The van der Waals surface area contributed by atoms with Crippen molar-refractivity contribution in [2.45, 2.75) is 18.9 Å². The molecule has 1 fully saturated rings. The molecule has 2 heterocycles. The zero-order valence-electron chi connectivity index (χ0n) is 12.2. The summed E-state index contributed by atoms with van der Waals surface area (Å²) in [6.07, 6.45) is 4.85. The van der Waals surface area contributed by atoms with E-state index < -0.39 is 5.82 Å². The van der Waals surface area contributed by atoms with Crippen LogP contribution in [0.5, 0.6) is 5.75 Å². The highest BCUT2D eigenvalue weighted by Gasteiger charge is 2.32. The number of benzene rings is 1. The lowest BCUT2D eigenvalue weighted by Crippen LogP contribution is -2.31. The maximum Gasteiger partial charge on any atom is 0.258 e. The summed E-state index contributed by atoms with van der Waals surface area (Å²) >= 11 is 0. The lowest BCUT2D eigenvalue weighted by atomic mass is 10.1. The van der Waals surface area contributed by atoms with Crippen LogP contribution in [0.3, 0.4) is 0 Å². The first kappa shape index (κ1) is 14.4. The quantitative estimate of drug-likeness (QED) is 0.874. The molecule has 1 aromatic heterocycles. The van der Waals surface area contributed by atoms with Crippen molar-refractivity contribution < 1.29 is 13.9 Å².